The Labute approximate surface area is 343 Å². The second kappa shape index (κ2) is 12.7. The van der Waals surface area contributed by atoms with Crippen LogP contribution in [0.2, 0.25) is 0 Å². The zero-order valence-electron chi connectivity index (χ0n) is 32.2. The number of benzene rings is 10. The van der Waals surface area contributed by atoms with Crippen LogP contribution in [0.1, 0.15) is 0 Å². The lowest BCUT2D eigenvalue weighted by Gasteiger charge is -2.14. The first-order chi connectivity index (χ1) is 29.7. The van der Waals surface area contributed by atoms with Gasteiger partial charge in [-0.3, -0.25) is 0 Å². The van der Waals surface area contributed by atoms with Crippen molar-refractivity contribution in [1.29, 1.82) is 0 Å². The molecule has 0 atom stereocenters. The number of nitrogens with zero attached hydrogens (tertiary/aromatic N) is 4. The molecule has 3 aromatic heterocycles. The van der Waals surface area contributed by atoms with Crippen LogP contribution in [0, 0.1) is 0 Å². The Balaban J connectivity index is 1.13. The predicted octanol–water partition coefficient (Wildman–Crippen LogP) is 14.5. The van der Waals surface area contributed by atoms with Crippen LogP contribution in [0.3, 0.4) is 0 Å². The zero-order valence-corrected chi connectivity index (χ0v) is 32.2. The molecule has 3 heterocycles. The average molecular weight is 765 g/mol. The van der Waals surface area contributed by atoms with E-state index in [9.17, 15) is 0 Å². The second-order valence-electron chi connectivity index (χ2n) is 15.5. The first-order valence-corrected chi connectivity index (χ1v) is 20.3. The Bertz CT molecular complexity index is 3910. The summed E-state index contributed by atoms with van der Waals surface area (Å²) in [4.78, 5) is 16.2. The van der Waals surface area contributed by atoms with Crippen molar-refractivity contribution in [3.63, 3.8) is 0 Å². The Kier molecular flexibility index (Phi) is 6.95. The lowest BCUT2D eigenvalue weighted by atomic mass is 9.96. The number of hydrogen-bond acceptors (Lipinski definition) is 4. The number of aromatic nitrogens is 4. The maximum atomic E-state index is 6.96. The minimum absolute atomic E-state index is 0.580. The average Bonchev–Trinajstić information content (AvgIpc) is 3.86. The number of fused-ring (bicyclic) bond motifs is 11. The van der Waals surface area contributed by atoms with Crippen molar-refractivity contribution in [2.75, 3.05) is 0 Å². The Hall–Kier alpha value is -8.15. The zero-order chi connectivity index (χ0) is 39.3. The molecular formula is C55H32N4O. The molecule has 0 saturated heterocycles. The van der Waals surface area contributed by atoms with Gasteiger partial charge in [-0.25, -0.2) is 15.0 Å². The molecular weight excluding hydrogens is 733 g/mol. The molecule has 0 fully saturated rings. The van der Waals surface area contributed by atoms with Gasteiger partial charge >= 0.3 is 0 Å². The summed E-state index contributed by atoms with van der Waals surface area (Å²) in [6, 6.07) is 68.5. The molecule has 10 aromatic carbocycles. The molecule has 5 heteroatoms. The van der Waals surface area contributed by atoms with Crippen molar-refractivity contribution in [1.82, 2.24) is 19.5 Å². The van der Waals surface area contributed by atoms with Crippen LogP contribution in [0.15, 0.2) is 199 Å². The smallest absolute Gasteiger partial charge is 0.164 e. The van der Waals surface area contributed by atoms with Gasteiger partial charge in [0.1, 0.15) is 5.58 Å². The monoisotopic (exact) mass is 764 g/mol. The van der Waals surface area contributed by atoms with Gasteiger partial charge in [0.25, 0.3) is 0 Å². The minimum atomic E-state index is 0.580. The highest BCUT2D eigenvalue weighted by Gasteiger charge is 2.24. The molecule has 0 aliphatic heterocycles. The number of hydrogen-bond donors (Lipinski definition) is 0. The van der Waals surface area contributed by atoms with E-state index in [1.54, 1.807) is 0 Å². The van der Waals surface area contributed by atoms with Gasteiger partial charge in [-0.05, 0) is 85.6 Å². The summed E-state index contributed by atoms with van der Waals surface area (Å²) < 4.78 is 9.31. The van der Waals surface area contributed by atoms with Crippen molar-refractivity contribution in [2.24, 2.45) is 0 Å². The van der Waals surface area contributed by atoms with Crippen LogP contribution >= 0.6 is 0 Å². The van der Waals surface area contributed by atoms with E-state index in [1.165, 1.54) is 26.9 Å². The van der Waals surface area contributed by atoms with Crippen LogP contribution < -0.4 is 0 Å². The Morgan fingerprint density at radius 3 is 1.73 bits per heavy atom. The summed E-state index contributed by atoms with van der Waals surface area (Å²) in [6.07, 6.45) is 0. The third-order valence-corrected chi connectivity index (χ3v) is 12.2. The summed E-state index contributed by atoms with van der Waals surface area (Å²) >= 11 is 0. The summed E-state index contributed by atoms with van der Waals surface area (Å²) in [5.41, 5.74) is 7.54. The molecule has 0 unspecified atom stereocenters. The molecule has 0 N–H and O–H groups in total. The van der Waals surface area contributed by atoms with E-state index in [4.69, 9.17) is 19.4 Å². The second-order valence-corrected chi connectivity index (χ2v) is 15.5. The highest BCUT2D eigenvalue weighted by atomic mass is 16.3. The van der Waals surface area contributed by atoms with Gasteiger partial charge in [-0.2, -0.15) is 0 Å². The fraction of sp³-hybridized carbons (Fsp3) is 0. The van der Waals surface area contributed by atoms with Crippen LogP contribution in [0.5, 0.6) is 0 Å². The van der Waals surface area contributed by atoms with Gasteiger partial charge in [0.2, 0.25) is 0 Å². The molecule has 0 amide bonds. The Morgan fingerprint density at radius 1 is 0.333 bits per heavy atom. The standard InChI is InChI=1S/C55H32N4O/c1-2-16-35-32-49-45(30-34(35)15-1)41-23-9-11-26-47(41)59(49)48-29-28-44(51-43-24-10-12-27-50(43)60-52(48)51)54-56-53(42-25-13-18-33-14-3-5-19-37(33)42)57-55(58-54)46-31-36-17-4-6-20-38(36)39-21-7-8-22-40(39)46/h1-32H. The van der Waals surface area contributed by atoms with Crippen LogP contribution in [0.4, 0.5) is 0 Å². The van der Waals surface area contributed by atoms with E-state index >= 15 is 0 Å². The van der Waals surface area contributed by atoms with Gasteiger partial charge in [0, 0.05) is 38.2 Å². The quantitative estimate of drug-likeness (QED) is 0.167. The van der Waals surface area contributed by atoms with Gasteiger partial charge < -0.3 is 8.98 Å². The van der Waals surface area contributed by atoms with Gasteiger partial charge in [-0.1, -0.05) is 152 Å². The number of rotatable bonds is 4. The molecule has 13 aromatic rings. The summed E-state index contributed by atoms with van der Waals surface area (Å²) in [5.74, 6) is 1.81. The van der Waals surface area contributed by atoms with Crippen molar-refractivity contribution in [3.8, 4) is 39.9 Å². The number of para-hydroxylation sites is 2. The Morgan fingerprint density at radius 2 is 0.917 bits per heavy atom. The lowest BCUT2D eigenvalue weighted by molar-refractivity contribution is 0.666. The summed E-state index contributed by atoms with van der Waals surface area (Å²) in [6.45, 7) is 0. The van der Waals surface area contributed by atoms with Crippen molar-refractivity contribution in [2.45, 2.75) is 0 Å². The molecule has 60 heavy (non-hydrogen) atoms. The summed E-state index contributed by atoms with van der Waals surface area (Å²) in [5, 5.41) is 13.5. The topological polar surface area (TPSA) is 56.7 Å². The minimum Gasteiger partial charge on any atom is -0.454 e. The van der Waals surface area contributed by atoms with Gasteiger partial charge in [0.15, 0.2) is 23.1 Å². The predicted molar refractivity (Wildman–Crippen MR) is 248 cm³/mol. The molecule has 0 aliphatic rings. The lowest BCUT2D eigenvalue weighted by Crippen LogP contribution is -2.02. The molecule has 0 aliphatic carbocycles. The largest absolute Gasteiger partial charge is 0.454 e. The van der Waals surface area contributed by atoms with Crippen LogP contribution in [-0.2, 0) is 0 Å². The van der Waals surface area contributed by atoms with E-state index in [-0.39, 0.29) is 0 Å². The molecule has 0 saturated carbocycles. The fourth-order valence-corrected chi connectivity index (χ4v) is 9.49. The van der Waals surface area contributed by atoms with E-state index in [0.717, 1.165) is 82.3 Å². The van der Waals surface area contributed by atoms with Gasteiger partial charge in [-0.15, -0.1) is 0 Å². The van der Waals surface area contributed by atoms with E-state index in [0.29, 0.717) is 17.5 Å². The normalized spacial score (nSPS) is 12.0. The highest BCUT2D eigenvalue weighted by molar-refractivity contribution is 6.18. The van der Waals surface area contributed by atoms with Crippen molar-refractivity contribution >= 4 is 86.8 Å². The maximum absolute atomic E-state index is 6.96. The maximum Gasteiger partial charge on any atom is 0.164 e. The molecule has 278 valence electrons. The van der Waals surface area contributed by atoms with Crippen LogP contribution in [-0.4, -0.2) is 19.5 Å². The fourth-order valence-electron chi connectivity index (χ4n) is 9.49. The van der Waals surface area contributed by atoms with Gasteiger partial charge in [0.05, 0.1) is 16.7 Å². The first-order valence-electron chi connectivity index (χ1n) is 20.3. The van der Waals surface area contributed by atoms with Crippen LogP contribution in [0.25, 0.3) is 127 Å². The van der Waals surface area contributed by atoms with Crippen molar-refractivity contribution < 1.29 is 4.42 Å². The third-order valence-electron chi connectivity index (χ3n) is 12.2. The van der Waals surface area contributed by atoms with E-state index < -0.39 is 0 Å². The molecule has 0 radical (unpaired) electrons. The molecule has 0 bridgehead atoms. The molecule has 0 spiro atoms. The first kappa shape index (κ1) is 32.9. The number of furan rings is 1. The highest BCUT2D eigenvalue weighted by Crippen LogP contribution is 2.44. The van der Waals surface area contributed by atoms with Crippen molar-refractivity contribution in [3.05, 3.63) is 194 Å². The third kappa shape index (κ3) is 4.84. The molecule has 5 nitrogen and oxygen atoms in total. The SMILES string of the molecule is c1ccc2cc3c(cc2c1)c1ccccc1n3-c1ccc(-c2nc(-c3cccc4ccccc34)nc(-c3cc4ccccc4c4ccccc34)n2)c2c1oc1ccccc12. The molecule has 13 rings (SSSR count). The van der Waals surface area contributed by atoms with E-state index in [2.05, 4.69) is 187 Å². The van der Waals surface area contributed by atoms with E-state index in [1.807, 2.05) is 12.1 Å². The summed E-state index contributed by atoms with van der Waals surface area (Å²) in [7, 11) is 0.